The molecule has 2 heterocycles. The Morgan fingerprint density at radius 3 is 1.40 bits per heavy atom. The maximum absolute atomic E-state index is 2.44. The molecular weight excluding hydrogens is 701 g/mol. The molecule has 0 aliphatic rings. The third-order valence-corrected chi connectivity index (χ3v) is 11.8. The smallest absolute Gasteiger partial charge is 0.0541 e. The average Bonchev–Trinajstić information content (AvgIpc) is 3.81. The Bertz CT molecular complexity index is 3440. The van der Waals surface area contributed by atoms with Gasteiger partial charge >= 0.3 is 0 Å². The molecular formula is C56H44N2. The third-order valence-electron chi connectivity index (χ3n) is 11.8. The summed E-state index contributed by atoms with van der Waals surface area (Å²) in [7, 11) is 0. The molecule has 0 bridgehead atoms. The van der Waals surface area contributed by atoms with Gasteiger partial charge in [-0.1, -0.05) is 153 Å². The number of rotatable bonds is 4. The molecule has 0 saturated heterocycles. The van der Waals surface area contributed by atoms with Crippen molar-refractivity contribution in [2.45, 2.75) is 27.7 Å². The molecule has 0 aliphatic carbocycles. The Morgan fingerprint density at radius 1 is 0.310 bits per heavy atom. The van der Waals surface area contributed by atoms with E-state index in [-0.39, 0.29) is 0 Å². The van der Waals surface area contributed by atoms with E-state index in [0.717, 1.165) is 5.69 Å². The fourth-order valence-electron chi connectivity index (χ4n) is 9.28. The van der Waals surface area contributed by atoms with Crippen molar-refractivity contribution in [2.75, 3.05) is 0 Å². The molecule has 9 aromatic carbocycles. The highest BCUT2D eigenvalue weighted by Crippen LogP contribution is 2.39. The van der Waals surface area contributed by atoms with Gasteiger partial charge in [0.25, 0.3) is 0 Å². The lowest BCUT2D eigenvalue weighted by Crippen LogP contribution is -2.27. The lowest BCUT2D eigenvalue weighted by molar-refractivity contribution is 1.07. The minimum Gasteiger partial charge on any atom is -0.310 e. The topological polar surface area (TPSA) is 9.86 Å². The third kappa shape index (κ3) is 5.48. The molecule has 0 atom stereocenters. The second kappa shape index (κ2) is 14.4. The predicted molar refractivity (Wildman–Crippen MR) is 252 cm³/mol. The van der Waals surface area contributed by atoms with Gasteiger partial charge in [-0.15, -0.1) is 0 Å². The molecule has 278 valence electrons. The zero-order chi connectivity index (χ0) is 39.3. The fourth-order valence-corrected chi connectivity index (χ4v) is 9.28. The number of hydrogen-bond acceptors (Lipinski definition) is 0. The summed E-state index contributed by atoms with van der Waals surface area (Å²) in [5.74, 6) is 0. The molecule has 58 heavy (non-hydrogen) atoms. The van der Waals surface area contributed by atoms with Crippen LogP contribution in [0.25, 0.3) is 111 Å². The first-order chi connectivity index (χ1) is 28.7. The molecule has 11 rings (SSSR count). The van der Waals surface area contributed by atoms with Crippen LogP contribution in [-0.2, 0) is 0 Å². The van der Waals surface area contributed by atoms with Gasteiger partial charge in [-0.25, -0.2) is 0 Å². The number of aromatic nitrogens is 2. The van der Waals surface area contributed by atoms with E-state index in [0.29, 0.717) is 0 Å². The Labute approximate surface area is 338 Å². The monoisotopic (exact) mass is 744 g/mol. The molecule has 0 aliphatic heterocycles. The first-order valence-electron chi connectivity index (χ1n) is 20.5. The van der Waals surface area contributed by atoms with Gasteiger partial charge in [-0.05, 0) is 123 Å². The summed E-state index contributed by atoms with van der Waals surface area (Å²) in [5, 5.41) is 14.0. The molecule has 2 heteroatoms. The zero-order valence-corrected chi connectivity index (χ0v) is 33.4. The highest BCUT2D eigenvalue weighted by Gasteiger charge is 2.17. The van der Waals surface area contributed by atoms with E-state index < -0.39 is 0 Å². The van der Waals surface area contributed by atoms with Crippen LogP contribution in [0.2, 0.25) is 0 Å². The Balaban J connectivity index is 0.00000201. The number of benzene rings is 9. The quantitative estimate of drug-likeness (QED) is 0.159. The highest BCUT2D eigenvalue weighted by molar-refractivity contribution is 6.25. The summed E-state index contributed by atoms with van der Waals surface area (Å²) in [6.45, 7) is 8.29. The van der Waals surface area contributed by atoms with Crippen LogP contribution < -0.4 is 10.6 Å². The summed E-state index contributed by atoms with van der Waals surface area (Å²) in [6, 6.07) is 66.9. The van der Waals surface area contributed by atoms with E-state index in [4.69, 9.17) is 0 Å². The van der Waals surface area contributed by atoms with Crippen LogP contribution in [0.3, 0.4) is 0 Å². The molecule has 0 radical (unpaired) electrons. The van der Waals surface area contributed by atoms with Gasteiger partial charge in [0.15, 0.2) is 0 Å². The van der Waals surface area contributed by atoms with Crippen molar-refractivity contribution >= 4 is 77.2 Å². The summed E-state index contributed by atoms with van der Waals surface area (Å²) in [5.41, 5.74) is 10.8. The van der Waals surface area contributed by atoms with E-state index in [9.17, 15) is 0 Å². The van der Waals surface area contributed by atoms with Gasteiger partial charge in [0.2, 0.25) is 0 Å². The van der Waals surface area contributed by atoms with Crippen LogP contribution in [0.5, 0.6) is 0 Å². The first-order valence-corrected chi connectivity index (χ1v) is 20.5. The van der Waals surface area contributed by atoms with Crippen LogP contribution >= 0.6 is 0 Å². The van der Waals surface area contributed by atoms with Gasteiger partial charge < -0.3 is 9.13 Å². The van der Waals surface area contributed by atoms with Crippen molar-refractivity contribution in [3.63, 3.8) is 0 Å². The molecule has 11 aromatic rings. The Morgan fingerprint density at radius 2 is 0.776 bits per heavy atom. The van der Waals surface area contributed by atoms with E-state index in [2.05, 4.69) is 217 Å². The molecule has 2 aromatic heterocycles. The molecule has 0 saturated carbocycles. The SMILES string of the molecule is C/C=c1\c(=C/C)n(-c2ccc(-c3ccccc3)cc2)c2ccc(-c3ccc4c(c3)c3ccccc3n4-c3ccc4c5ccccc5c5ccccc5c4c3)cc12.CC. The summed E-state index contributed by atoms with van der Waals surface area (Å²) < 4.78 is 4.84. The van der Waals surface area contributed by atoms with Crippen molar-refractivity contribution in [3.05, 3.63) is 193 Å². The minimum atomic E-state index is 1.16. The van der Waals surface area contributed by atoms with Gasteiger partial charge in [-0.3, -0.25) is 0 Å². The van der Waals surface area contributed by atoms with Crippen molar-refractivity contribution < 1.29 is 0 Å². The van der Waals surface area contributed by atoms with Crippen molar-refractivity contribution in [3.8, 4) is 33.6 Å². The summed E-state index contributed by atoms with van der Waals surface area (Å²) in [6.07, 6.45) is 4.49. The second-order valence-electron chi connectivity index (χ2n) is 14.8. The minimum absolute atomic E-state index is 1.16. The van der Waals surface area contributed by atoms with Gasteiger partial charge in [0.05, 0.1) is 16.6 Å². The number of hydrogen-bond donors (Lipinski definition) is 0. The van der Waals surface area contributed by atoms with Crippen LogP contribution in [0.15, 0.2) is 182 Å². The van der Waals surface area contributed by atoms with Crippen molar-refractivity contribution in [1.82, 2.24) is 9.13 Å². The maximum Gasteiger partial charge on any atom is 0.0541 e. The normalized spacial score (nSPS) is 12.3. The predicted octanol–water partition coefficient (Wildman–Crippen LogP) is 14.1. The summed E-state index contributed by atoms with van der Waals surface area (Å²) in [4.78, 5) is 0. The molecule has 0 unspecified atom stereocenters. The van der Waals surface area contributed by atoms with Crippen molar-refractivity contribution in [2.24, 2.45) is 0 Å². The van der Waals surface area contributed by atoms with E-state index >= 15 is 0 Å². The molecule has 2 nitrogen and oxygen atoms in total. The molecule has 0 amide bonds. The Hall–Kier alpha value is -7.16. The second-order valence-corrected chi connectivity index (χ2v) is 14.8. The average molecular weight is 745 g/mol. The van der Waals surface area contributed by atoms with Gasteiger partial charge in [0, 0.05) is 38.1 Å². The summed E-state index contributed by atoms with van der Waals surface area (Å²) >= 11 is 0. The highest BCUT2D eigenvalue weighted by atomic mass is 15.0. The molecule has 0 spiro atoms. The largest absolute Gasteiger partial charge is 0.310 e. The van der Waals surface area contributed by atoms with Crippen molar-refractivity contribution in [1.29, 1.82) is 0 Å². The van der Waals surface area contributed by atoms with E-state index in [1.54, 1.807) is 0 Å². The van der Waals surface area contributed by atoms with Crippen LogP contribution in [0.1, 0.15) is 27.7 Å². The fraction of sp³-hybridized carbons (Fsp3) is 0.0714. The van der Waals surface area contributed by atoms with Gasteiger partial charge in [-0.2, -0.15) is 0 Å². The number of para-hydroxylation sites is 1. The number of fused-ring (bicyclic) bond motifs is 10. The lowest BCUT2D eigenvalue weighted by atomic mass is 9.94. The van der Waals surface area contributed by atoms with E-state index in [1.807, 2.05) is 13.8 Å². The molecule has 0 N–H and O–H groups in total. The van der Waals surface area contributed by atoms with Gasteiger partial charge in [0.1, 0.15) is 0 Å². The van der Waals surface area contributed by atoms with Crippen LogP contribution in [-0.4, -0.2) is 9.13 Å². The van der Waals surface area contributed by atoms with Crippen LogP contribution in [0, 0.1) is 0 Å². The molecule has 0 fully saturated rings. The zero-order valence-electron chi connectivity index (χ0n) is 33.4. The Kier molecular flexibility index (Phi) is 8.76. The first kappa shape index (κ1) is 35.3. The van der Waals surface area contributed by atoms with E-state index in [1.165, 1.54) is 104 Å². The van der Waals surface area contributed by atoms with Crippen LogP contribution in [0.4, 0.5) is 0 Å². The lowest BCUT2D eigenvalue weighted by Gasteiger charge is -2.14. The number of nitrogens with zero attached hydrogens (tertiary/aromatic N) is 2. The standard InChI is InChI=1S/C54H38N2.C2H6/c1-3-41-49-32-37(24-30-53(49)55(51(41)4-2)39-26-22-36(23-27-39)35-14-6-5-7-15-35)38-25-31-54-50(33-38)47-20-12-13-21-52(47)56(54)40-28-29-46-44-18-9-8-16-42(44)43-17-10-11-19-45(43)48(46)34-40;1-2/h3-34H,1-2H3;1-2H3/b41-3-,51-4+;. The maximum atomic E-state index is 2.44.